The number of piperazine rings is 1. The summed E-state index contributed by atoms with van der Waals surface area (Å²) in [6.07, 6.45) is 1.54. The van der Waals surface area contributed by atoms with E-state index in [9.17, 15) is 18.0 Å². The van der Waals surface area contributed by atoms with Crippen molar-refractivity contribution in [1.29, 1.82) is 0 Å². The van der Waals surface area contributed by atoms with E-state index in [1.165, 1.54) is 12.1 Å². The fourth-order valence-electron chi connectivity index (χ4n) is 4.98. The summed E-state index contributed by atoms with van der Waals surface area (Å²) in [6, 6.07) is 12.8. The zero-order valence-corrected chi connectivity index (χ0v) is 22.0. The number of aromatic nitrogens is 1. The van der Waals surface area contributed by atoms with Gasteiger partial charge in [0.05, 0.1) is 12.1 Å². The van der Waals surface area contributed by atoms with Crippen LogP contribution in [0.25, 0.3) is 11.6 Å². The molecule has 6 nitrogen and oxygen atoms in total. The first-order valence-corrected chi connectivity index (χ1v) is 12.8. The van der Waals surface area contributed by atoms with Crippen molar-refractivity contribution < 1.29 is 22.7 Å². The second kappa shape index (κ2) is 10.6. The molecule has 0 bridgehead atoms. The summed E-state index contributed by atoms with van der Waals surface area (Å²) in [6.45, 7) is 8.84. The second-order valence-electron chi connectivity index (χ2n) is 10.0. The molecule has 0 saturated carbocycles. The maximum Gasteiger partial charge on any atom is 0.416 e. The van der Waals surface area contributed by atoms with E-state index in [4.69, 9.17) is 4.74 Å². The number of ether oxygens (including phenoxy) is 1. The molecular weight excluding hydrogens is 505 g/mol. The monoisotopic (exact) mass is 536 g/mol. The van der Waals surface area contributed by atoms with Gasteiger partial charge >= 0.3 is 6.18 Å². The van der Waals surface area contributed by atoms with Crippen molar-refractivity contribution in [3.05, 3.63) is 89.6 Å². The van der Waals surface area contributed by atoms with Crippen LogP contribution in [0.4, 0.5) is 24.5 Å². The van der Waals surface area contributed by atoms with Gasteiger partial charge in [0.2, 0.25) is 11.8 Å². The van der Waals surface area contributed by atoms with Crippen molar-refractivity contribution in [2.24, 2.45) is 7.05 Å². The first-order chi connectivity index (χ1) is 18.6. The Bertz CT molecular complexity index is 1380. The largest absolute Gasteiger partial charge is 0.466 e. The van der Waals surface area contributed by atoms with Crippen LogP contribution in [0.15, 0.2) is 67.4 Å². The number of benzene rings is 2. The Hall–Kier alpha value is -3.98. The van der Waals surface area contributed by atoms with Gasteiger partial charge in [0.25, 0.3) is 0 Å². The summed E-state index contributed by atoms with van der Waals surface area (Å²) in [5.41, 5.74) is 4.87. The van der Waals surface area contributed by atoms with Crippen molar-refractivity contribution >= 4 is 28.9 Å². The van der Waals surface area contributed by atoms with Crippen molar-refractivity contribution in [2.45, 2.75) is 19.2 Å². The van der Waals surface area contributed by atoms with Gasteiger partial charge in [-0.2, -0.15) is 13.2 Å². The van der Waals surface area contributed by atoms with Crippen molar-refractivity contribution in [2.75, 3.05) is 42.9 Å². The Morgan fingerprint density at radius 1 is 1.05 bits per heavy atom. The van der Waals surface area contributed by atoms with Gasteiger partial charge in [-0.3, -0.25) is 9.69 Å². The minimum Gasteiger partial charge on any atom is -0.466 e. The summed E-state index contributed by atoms with van der Waals surface area (Å²) >= 11 is 0. The number of carbonyl (C=O) groups is 1. The highest BCUT2D eigenvalue weighted by atomic mass is 19.4. The molecular formula is C30H31F3N4O2. The molecule has 1 amide bonds. The number of carbonyl (C=O) groups excluding carboxylic acids is 1. The Morgan fingerprint density at radius 2 is 1.72 bits per heavy atom. The molecule has 5 rings (SSSR count). The fraction of sp³-hybridized carbons (Fsp3) is 0.300. The maximum absolute atomic E-state index is 12.8. The molecule has 1 saturated heterocycles. The van der Waals surface area contributed by atoms with Gasteiger partial charge in [0, 0.05) is 61.9 Å². The smallest absolute Gasteiger partial charge is 0.416 e. The molecule has 204 valence electrons. The highest BCUT2D eigenvalue weighted by Gasteiger charge is 2.30. The first kappa shape index (κ1) is 26.6. The number of amides is 1. The van der Waals surface area contributed by atoms with Crippen LogP contribution in [-0.2, 0) is 18.0 Å². The normalized spacial score (nSPS) is 17.5. The third-order valence-corrected chi connectivity index (χ3v) is 7.12. The van der Waals surface area contributed by atoms with Gasteiger partial charge in [-0.15, -0.1) is 0 Å². The number of nitrogens with zero attached hydrogens (tertiary/aromatic N) is 3. The highest BCUT2D eigenvalue weighted by molar-refractivity contribution is 5.92. The molecule has 2 aliphatic heterocycles. The topological polar surface area (TPSA) is 49.7 Å². The molecule has 2 aliphatic rings. The van der Waals surface area contributed by atoms with E-state index >= 15 is 0 Å². The Morgan fingerprint density at radius 3 is 2.33 bits per heavy atom. The molecule has 9 heteroatoms. The molecule has 0 aliphatic carbocycles. The van der Waals surface area contributed by atoms with Gasteiger partial charge < -0.3 is 19.5 Å². The van der Waals surface area contributed by atoms with Crippen LogP contribution in [0.5, 0.6) is 5.88 Å². The van der Waals surface area contributed by atoms with E-state index in [0.29, 0.717) is 31.9 Å². The standard InChI is InChI=1S/C30H31F3N4O2/c1-20(2)26-18-35(3)29-25(26)12-13-27(39-29)21-4-8-23(9-5-21)34-28(38)19-36-14-16-37(17-15-36)24-10-6-22(7-11-24)30(31,32)33/h4-13,18,27H,1,14-17,19H2,2-3H3,(H,34,38). The predicted molar refractivity (Wildman–Crippen MR) is 148 cm³/mol. The Labute approximate surface area is 226 Å². The number of allylic oxidation sites excluding steroid dienone is 1. The summed E-state index contributed by atoms with van der Waals surface area (Å²) in [5, 5.41) is 2.95. The van der Waals surface area contributed by atoms with Crippen molar-refractivity contribution in [3.8, 4) is 5.88 Å². The van der Waals surface area contributed by atoms with Crippen LogP contribution in [0.2, 0.25) is 0 Å². The first-order valence-electron chi connectivity index (χ1n) is 12.8. The molecule has 0 spiro atoms. The number of fused-ring (bicyclic) bond motifs is 1. The molecule has 1 atom stereocenters. The average Bonchev–Trinajstić information content (AvgIpc) is 3.25. The molecule has 3 aromatic rings. The van der Waals surface area contributed by atoms with Crippen molar-refractivity contribution in [3.63, 3.8) is 0 Å². The van der Waals surface area contributed by atoms with E-state index in [0.717, 1.165) is 46.0 Å². The van der Waals surface area contributed by atoms with Crippen LogP contribution in [-0.4, -0.2) is 48.1 Å². The molecule has 3 heterocycles. The van der Waals surface area contributed by atoms with Crippen LogP contribution < -0.4 is 15.0 Å². The van der Waals surface area contributed by atoms with Gasteiger partial charge in [0.15, 0.2) is 0 Å². The minimum atomic E-state index is -4.34. The van der Waals surface area contributed by atoms with Gasteiger partial charge in [0.1, 0.15) is 6.10 Å². The van der Waals surface area contributed by atoms with Crippen LogP contribution in [0.1, 0.15) is 35.3 Å². The van der Waals surface area contributed by atoms with Crippen LogP contribution >= 0.6 is 0 Å². The summed E-state index contributed by atoms with van der Waals surface area (Å²) < 4.78 is 46.6. The Balaban J connectivity index is 1.11. The number of alkyl halides is 3. The number of rotatable bonds is 6. The summed E-state index contributed by atoms with van der Waals surface area (Å²) in [4.78, 5) is 16.7. The van der Waals surface area contributed by atoms with Gasteiger partial charge in [-0.05, 0) is 66.6 Å². The molecule has 0 radical (unpaired) electrons. The van der Waals surface area contributed by atoms with Crippen LogP contribution in [0.3, 0.4) is 0 Å². The molecule has 1 N–H and O–H groups in total. The number of anilines is 2. The lowest BCUT2D eigenvalue weighted by Gasteiger charge is -2.35. The number of aryl methyl sites for hydroxylation is 1. The molecule has 1 aromatic heterocycles. The average molecular weight is 537 g/mol. The highest BCUT2D eigenvalue weighted by Crippen LogP contribution is 2.38. The molecule has 1 unspecified atom stereocenters. The predicted octanol–water partition coefficient (Wildman–Crippen LogP) is 5.98. The van der Waals surface area contributed by atoms with E-state index in [1.54, 1.807) is 0 Å². The third kappa shape index (κ3) is 5.88. The lowest BCUT2D eigenvalue weighted by atomic mass is 10.0. The lowest BCUT2D eigenvalue weighted by molar-refractivity contribution is -0.137. The molecule has 1 fully saturated rings. The van der Waals surface area contributed by atoms with Crippen LogP contribution in [0, 0.1) is 0 Å². The molecule has 2 aromatic carbocycles. The summed E-state index contributed by atoms with van der Waals surface area (Å²) in [5.74, 6) is 0.691. The number of nitrogens with one attached hydrogen (secondary N) is 1. The Kier molecular flexibility index (Phi) is 7.27. The zero-order valence-electron chi connectivity index (χ0n) is 22.0. The molecule has 39 heavy (non-hydrogen) atoms. The number of halogens is 3. The zero-order chi connectivity index (χ0) is 27.7. The minimum absolute atomic E-state index is 0.111. The van der Waals surface area contributed by atoms with Gasteiger partial charge in [-0.25, -0.2) is 0 Å². The second-order valence-corrected chi connectivity index (χ2v) is 10.0. The summed E-state index contributed by atoms with van der Waals surface area (Å²) in [7, 11) is 1.95. The maximum atomic E-state index is 12.8. The van der Waals surface area contributed by atoms with E-state index in [1.807, 2.05) is 64.9 Å². The van der Waals surface area contributed by atoms with Crippen molar-refractivity contribution in [1.82, 2.24) is 9.47 Å². The van der Waals surface area contributed by atoms with E-state index < -0.39 is 11.7 Å². The number of hydrogen-bond donors (Lipinski definition) is 1. The lowest BCUT2D eigenvalue weighted by Crippen LogP contribution is -2.48. The third-order valence-electron chi connectivity index (χ3n) is 7.12. The fourth-order valence-corrected chi connectivity index (χ4v) is 4.98. The van der Waals surface area contributed by atoms with E-state index in [-0.39, 0.29) is 18.6 Å². The SMILES string of the molecule is C=C(C)c1cn(C)c2c1C=CC(c1ccc(NC(=O)CN3CCN(c4ccc(C(F)(F)F)cc4)CC3)cc1)O2. The quantitative estimate of drug-likeness (QED) is 0.421. The van der Waals surface area contributed by atoms with Gasteiger partial charge in [-0.1, -0.05) is 18.7 Å². The van der Waals surface area contributed by atoms with E-state index in [2.05, 4.69) is 18.0 Å². The number of hydrogen-bond acceptors (Lipinski definition) is 4.